The number of carbonyl (C=O) groups is 1. The van der Waals surface area contributed by atoms with Gasteiger partial charge in [-0.25, -0.2) is 5.43 Å². The van der Waals surface area contributed by atoms with E-state index in [0.717, 1.165) is 11.1 Å². The van der Waals surface area contributed by atoms with E-state index in [0.29, 0.717) is 23.7 Å². The number of rotatable bonds is 8. The molecule has 154 valence electrons. The second-order valence-electron chi connectivity index (χ2n) is 6.54. The van der Waals surface area contributed by atoms with Crippen molar-refractivity contribution < 1.29 is 19.4 Å². The summed E-state index contributed by atoms with van der Waals surface area (Å²) in [6.45, 7) is 3.92. The molecule has 0 fully saturated rings. The fourth-order valence-corrected chi connectivity index (χ4v) is 2.76. The van der Waals surface area contributed by atoms with Gasteiger partial charge in [0.25, 0.3) is 5.91 Å². The van der Waals surface area contributed by atoms with E-state index in [1.807, 2.05) is 61.5 Å². The van der Waals surface area contributed by atoms with E-state index in [4.69, 9.17) is 9.47 Å². The first kappa shape index (κ1) is 20.9. The Bertz CT molecular complexity index is 1000. The monoisotopic (exact) mass is 404 g/mol. The molecule has 0 aliphatic rings. The third-order valence-corrected chi connectivity index (χ3v) is 4.32. The standard InChI is InChI=1S/C24H24N2O4/c1-3-29-23-15-18(9-14-22(23)27)16-25-26-24(28)17(2)30-21-12-10-20(11-13-21)19-7-5-4-6-8-19/h4-17,27H,3H2,1-2H3,(H,26,28)/b25-16+. The zero-order valence-electron chi connectivity index (χ0n) is 16.9. The number of ether oxygens (including phenoxy) is 2. The molecule has 0 radical (unpaired) electrons. The maximum atomic E-state index is 12.2. The van der Waals surface area contributed by atoms with Crippen LogP contribution in [0.1, 0.15) is 19.4 Å². The lowest BCUT2D eigenvalue weighted by molar-refractivity contribution is -0.127. The molecule has 3 aromatic rings. The predicted octanol–water partition coefficient (Wildman–Crippen LogP) is 4.38. The van der Waals surface area contributed by atoms with E-state index in [2.05, 4.69) is 10.5 Å². The van der Waals surface area contributed by atoms with E-state index in [1.165, 1.54) is 12.3 Å². The minimum absolute atomic E-state index is 0.0540. The smallest absolute Gasteiger partial charge is 0.280 e. The number of nitrogens with one attached hydrogen (secondary N) is 1. The minimum Gasteiger partial charge on any atom is -0.504 e. The van der Waals surface area contributed by atoms with Crippen LogP contribution in [0.15, 0.2) is 77.9 Å². The van der Waals surface area contributed by atoms with Crippen LogP contribution < -0.4 is 14.9 Å². The van der Waals surface area contributed by atoms with Crippen molar-refractivity contribution in [1.29, 1.82) is 0 Å². The summed E-state index contributed by atoms with van der Waals surface area (Å²) >= 11 is 0. The van der Waals surface area contributed by atoms with E-state index in [9.17, 15) is 9.90 Å². The lowest BCUT2D eigenvalue weighted by Gasteiger charge is -2.13. The molecule has 0 saturated heterocycles. The molecule has 0 aliphatic carbocycles. The highest BCUT2D eigenvalue weighted by Gasteiger charge is 2.14. The summed E-state index contributed by atoms with van der Waals surface area (Å²) in [7, 11) is 0. The fraction of sp³-hybridized carbons (Fsp3) is 0.167. The Labute approximate surface area is 175 Å². The first-order valence-electron chi connectivity index (χ1n) is 9.67. The van der Waals surface area contributed by atoms with Gasteiger partial charge in [-0.15, -0.1) is 0 Å². The second kappa shape index (κ2) is 10.1. The van der Waals surface area contributed by atoms with Crippen LogP contribution in [0, 0.1) is 0 Å². The molecule has 0 aliphatic heterocycles. The van der Waals surface area contributed by atoms with Gasteiger partial charge >= 0.3 is 0 Å². The first-order chi connectivity index (χ1) is 14.6. The van der Waals surface area contributed by atoms with Crippen molar-refractivity contribution >= 4 is 12.1 Å². The highest BCUT2D eigenvalue weighted by atomic mass is 16.5. The molecule has 2 N–H and O–H groups in total. The van der Waals surface area contributed by atoms with Crippen molar-refractivity contribution in [3.63, 3.8) is 0 Å². The van der Waals surface area contributed by atoms with Gasteiger partial charge in [0.15, 0.2) is 17.6 Å². The molecule has 6 heteroatoms. The van der Waals surface area contributed by atoms with Crippen molar-refractivity contribution in [1.82, 2.24) is 5.43 Å². The molecule has 0 saturated carbocycles. The molecule has 1 unspecified atom stereocenters. The van der Waals surface area contributed by atoms with Crippen LogP contribution >= 0.6 is 0 Å². The van der Waals surface area contributed by atoms with Crippen LogP contribution in [0.3, 0.4) is 0 Å². The normalized spacial score (nSPS) is 11.8. The Morgan fingerprint density at radius 2 is 1.77 bits per heavy atom. The summed E-state index contributed by atoms with van der Waals surface area (Å²) in [5.74, 6) is 0.644. The number of amides is 1. The number of benzene rings is 3. The van der Waals surface area contributed by atoms with Gasteiger partial charge in [-0.2, -0.15) is 5.10 Å². The van der Waals surface area contributed by atoms with Crippen molar-refractivity contribution in [3.8, 4) is 28.4 Å². The van der Waals surface area contributed by atoms with Gasteiger partial charge in [0.2, 0.25) is 0 Å². The average molecular weight is 404 g/mol. The van der Waals surface area contributed by atoms with E-state index >= 15 is 0 Å². The maximum Gasteiger partial charge on any atom is 0.280 e. The Kier molecular flexibility index (Phi) is 7.05. The number of phenolic OH excluding ortho intramolecular Hbond substituents is 1. The summed E-state index contributed by atoms with van der Waals surface area (Å²) in [6.07, 6.45) is 0.754. The predicted molar refractivity (Wildman–Crippen MR) is 117 cm³/mol. The molecule has 1 amide bonds. The highest BCUT2D eigenvalue weighted by molar-refractivity contribution is 5.85. The number of hydrogen-bond acceptors (Lipinski definition) is 5. The number of hydrogen-bond donors (Lipinski definition) is 2. The summed E-state index contributed by atoms with van der Waals surface area (Å²) < 4.78 is 11.0. The summed E-state index contributed by atoms with van der Waals surface area (Å²) in [5.41, 5.74) is 5.33. The topological polar surface area (TPSA) is 80.2 Å². The lowest BCUT2D eigenvalue weighted by Crippen LogP contribution is -2.33. The molecular formula is C24H24N2O4. The number of carbonyl (C=O) groups excluding carboxylic acids is 1. The van der Waals surface area contributed by atoms with Crippen LogP contribution in [0.25, 0.3) is 11.1 Å². The molecule has 0 spiro atoms. The van der Waals surface area contributed by atoms with E-state index in [1.54, 1.807) is 19.1 Å². The molecule has 0 aromatic heterocycles. The van der Waals surface area contributed by atoms with Gasteiger partial charge in [0.05, 0.1) is 12.8 Å². The quantitative estimate of drug-likeness (QED) is 0.431. The molecule has 1 atom stereocenters. The van der Waals surface area contributed by atoms with Crippen LogP contribution in [0.5, 0.6) is 17.2 Å². The van der Waals surface area contributed by atoms with E-state index < -0.39 is 6.10 Å². The molecule has 3 aromatic carbocycles. The molecule has 0 heterocycles. The van der Waals surface area contributed by atoms with Crippen molar-refractivity contribution in [2.75, 3.05) is 6.61 Å². The Hall–Kier alpha value is -3.80. The van der Waals surface area contributed by atoms with Gasteiger partial charge < -0.3 is 14.6 Å². The Morgan fingerprint density at radius 1 is 1.07 bits per heavy atom. The van der Waals surface area contributed by atoms with Gasteiger partial charge in [-0.1, -0.05) is 42.5 Å². The Balaban J connectivity index is 1.54. The molecule has 6 nitrogen and oxygen atoms in total. The summed E-state index contributed by atoms with van der Waals surface area (Å²) in [5, 5.41) is 13.7. The van der Waals surface area contributed by atoms with Crippen LogP contribution in [-0.4, -0.2) is 29.9 Å². The van der Waals surface area contributed by atoms with E-state index in [-0.39, 0.29) is 11.7 Å². The van der Waals surface area contributed by atoms with Gasteiger partial charge in [-0.3, -0.25) is 4.79 Å². The molecule has 30 heavy (non-hydrogen) atoms. The third kappa shape index (κ3) is 5.61. The van der Waals surface area contributed by atoms with Crippen molar-refractivity contribution in [3.05, 3.63) is 78.4 Å². The third-order valence-electron chi connectivity index (χ3n) is 4.32. The van der Waals surface area contributed by atoms with Gasteiger partial charge in [0, 0.05) is 0 Å². The number of aromatic hydroxyl groups is 1. The Morgan fingerprint density at radius 3 is 2.47 bits per heavy atom. The number of hydrazone groups is 1. The highest BCUT2D eigenvalue weighted by Crippen LogP contribution is 2.26. The summed E-state index contributed by atoms with van der Waals surface area (Å²) in [4.78, 5) is 12.2. The van der Waals surface area contributed by atoms with Crippen molar-refractivity contribution in [2.24, 2.45) is 5.10 Å². The minimum atomic E-state index is -0.719. The van der Waals surface area contributed by atoms with Crippen molar-refractivity contribution in [2.45, 2.75) is 20.0 Å². The number of phenols is 1. The molecular weight excluding hydrogens is 380 g/mol. The molecule has 0 bridgehead atoms. The van der Waals surface area contributed by atoms with Crippen LogP contribution in [0.2, 0.25) is 0 Å². The second-order valence-corrected chi connectivity index (χ2v) is 6.54. The zero-order valence-corrected chi connectivity index (χ0v) is 16.9. The first-order valence-corrected chi connectivity index (χ1v) is 9.67. The largest absolute Gasteiger partial charge is 0.504 e. The average Bonchev–Trinajstić information content (AvgIpc) is 2.77. The lowest BCUT2D eigenvalue weighted by atomic mass is 10.1. The molecule has 3 rings (SSSR count). The van der Waals surface area contributed by atoms with Crippen LogP contribution in [0.4, 0.5) is 0 Å². The van der Waals surface area contributed by atoms with Gasteiger partial charge in [0.1, 0.15) is 5.75 Å². The number of nitrogens with zero attached hydrogens (tertiary/aromatic N) is 1. The van der Waals surface area contributed by atoms with Crippen LogP contribution in [-0.2, 0) is 4.79 Å². The fourth-order valence-electron chi connectivity index (χ4n) is 2.76. The van der Waals surface area contributed by atoms with Gasteiger partial charge in [-0.05, 0) is 60.9 Å². The zero-order chi connectivity index (χ0) is 21.3. The SMILES string of the molecule is CCOc1cc(/C=N/NC(=O)C(C)Oc2ccc(-c3ccccc3)cc2)ccc1O. The maximum absolute atomic E-state index is 12.2. The summed E-state index contributed by atoms with van der Waals surface area (Å²) in [6, 6.07) is 22.4.